The largest absolute Gasteiger partial charge is 0.367 e. The zero-order valence-corrected chi connectivity index (χ0v) is 7.75. The van der Waals surface area contributed by atoms with E-state index in [0.29, 0.717) is 0 Å². The summed E-state index contributed by atoms with van der Waals surface area (Å²) < 4.78 is 40.2. The smallest absolute Gasteiger partial charge is 0.261 e. The van der Waals surface area contributed by atoms with Crippen LogP contribution in [0.15, 0.2) is 24.3 Å². The molecule has 2 nitrogen and oxygen atoms in total. The zero-order chi connectivity index (χ0) is 11.3. The summed E-state index contributed by atoms with van der Waals surface area (Å²) >= 11 is 0. The lowest BCUT2D eigenvalue weighted by Gasteiger charge is -2.02. The lowest BCUT2D eigenvalue weighted by atomic mass is 10.1. The quantitative estimate of drug-likeness (QED) is 0.709. The van der Waals surface area contributed by atoms with Crippen molar-refractivity contribution in [1.82, 2.24) is 0 Å². The van der Waals surface area contributed by atoms with E-state index in [9.17, 15) is 18.0 Å². The van der Waals surface area contributed by atoms with E-state index in [0.717, 1.165) is 12.1 Å². The maximum absolute atomic E-state index is 12.5. The molecular formula is C10H9F3O2. The predicted octanol–water partition coefficient (Wildman–Crippen LogP) is 2.29. The van der Waals surface area contributed by atoms with Crippen LogP contribution in [-0.2, 0) is 4.74 Å². The highest BCUT2D eigenvalue weighted by molar-refractivity contribution is 5.96. The lowest BCUT2D eigenvalue weighted by Crippen LogP contribution is -2.13. The van der Waals surface area contributed by atoms with Crippen LogP contribution in [-0.4, -0.2) is 25.4 Å². The van der Waals surface area contributed by atoms with E-state index in [-0.39, 0.29) is 5.56 Å². The van der Waals surface area contributed by atoms with Crippen LogP contribution in [0.4, 0.5) is 13.2 Å². The molecule has 0 heterocycles. The molecule has 0 atom stereocenters. The second kappa shape index (κ2) is 5.50. The number of carbonyl (C=O) groups is 1. The summed E-state index contributed by atoms with van der Waals surface area (Å²) in [6.45, 7) is -1.19. The summed E-state index contributed by atoms with van der Waals surface area (Å²) in [5.41, 5.74) is 0.241. The molecule has 0 bridgehead atoms. The number of hydrogen-bond donors (Lipinski definition) is 0. The Balaban J connectivity index is 2.43. The van der Waals surface area contributed by atoms with Crippen molar-refractivity contribution in [3.63, 3.8) is 0 Å². The van der Waals surface area contributed by atoms with Crippen LogP contribution in [0.2, 0.25) is 0 Å². The first-order valence-corrected chi connectivity index (χ1v) is 4.24. The van der Waals surface area contributed by atoms with Crippen molar-refractivity contribution in [3.05, 3.63) is 35.6 Å². The minimum absolute atomic E-state index is 0.241. The molecule has 0 aromatic heterocycles. The van der Waals surface area contributed by atoms with Gasteiger partial charge in [0.15, 0.2) is 5.78 Å². The van der Waals surface area contributed by atoms with Gasteiger partial charge in [-0.2, -0.15) is 0 Å². The number of carbonyl (C=O) groups excluding carboxylic acids is 1. The number of ether oxygens (including phenoxy) is 1. The zero-order valence-electron chi connectivity index (χ0n) is 7.75. The Bertz CT molecular complexity index is 322. The third-order valence-corrected chi connectivity index (χ3v) is 1.64. The van der Waals surface area contributed by atoms with Crippen LogP contribution in [0.3, 0.4) is 0 Å². The lowest BCUT2D eigenvalue weighted by molar-refractivity contribution is 0.0196. The minimum atomic E-state index is -2.59. The molecule has 0 amide bonds. The fourth-order valence-electron chi connectivity index (χ4n) is 0.960. The summed E-state index contributed by atoms with van der Waals surface area (Å²) in [7, 11) is 0. The van der Waals surface area contributed by atoms with Crippen molar-refractivity contribution in [2.24, 2.45) is 0 Å². The molecular weight excluding hydrogens is 209 g/mol. The maximum Gasteiger partial charge on any atom is 0.261 e. The van der Waals surface area contributed by atoms with Gasteiger partial charge in [-0.1, -0.05) is 0 Å². The summed E-state index contributed by atoms with van der Waals surface area (Å²) in [6.07, 6.45) is -2.59. The monoisotopic (exact) mass is 218 g/mol. The Morgan fingerprint density at radius 3 is 2.40 bits per heavy atom. The van der Waals surface area contributed by atoms with Crippen LogP contribution < -0.4 is 0 Å². The Kier molecular flexibility index (Phi) is 4.30. The van der Waals surface area contributed by atoms with Gasteiger partial charge in [0.1, 0.15) is 19.0 Å². The molecule has 15 heavy (non-hydrogen) atoms. The van der Waals surface area contributed by atoms with Gasteiger partial charge in [0, 0.05) is 5.56 Å². The fourth-order valence-corrected chi connectivity index (χ4v) is 0.960. The van der Waals surface area contributed by atoms with Gasteiger partial charge < -0.3 is 4.74 Å². The Morgan fingerprint density at radius 2 is 1.87 bits per heavy atom. The average molecular weight is 218 g/mol. The molecule has 0 spiro atoms. The van der Waals surface area contributed by atoms with Crippen LogP contribution in [0.1, 0.15) is 10.4 Å². The first-order valence-electron chi connectivity index (χ1n) is 4.24. The van der Waals surface area contributed by atoms with Gasteiger partial charge in [-0.3, -0.25) is 4.79 Å². The van der Waals surface area contributed by atoms with E-state index in [1.54, 1.807) is 0 Å². The maximum atomic E-state index is 12.5. The molecule has 1 aromatic carbocycles. The first-order chi connectivity index (χ1) is 7.09. The van der Waals surface area contributed by atoms with Crippen LogP contribution in [0.5, 0.6) is 0 Å². The van der Waals surface area contributed by atoms with Crippen molar-refractivity contribution < 1.29 is 22.7 Å². The normalized spacial score (nSPS) is 10.7. The van der Waals surface area contributed by atoms with Crippen molar-refractivity contribution in [2.75, 3.05) is 13.2 Å². The van der Waals surface area contributed by atoms with E-state index in [4.69, 9.17) is 0 Å². The number of benzene rings is 1. The van der Waals surface area contributed by atoms with Gasteiger partial charge in [0.25, 0.3) is 6.43 Å². The summed E-state index contributed by atoms with van der Waals surface area (Å²) in [5.74, 6) is -0.907. The second-order valence-electron chi connectivity index (χ2n) is 2.84. The first kappa shape index (κ1) is 11.7. The highest BCUT2D eigenvalue weighted by Crippen LogP contribution is 2.04. The molecule has 0 aliphatic heterocycles. The molecule has 0 saturated heterocycles. The van der Waals surface area contributed by atoms with Crippen LogP contribution in [0.25, 0.3) is 0 Å². The molecule has 5 heteroatoms. The van der Waals surface area contributed by atoms with Gasteiger partial charge >= 0.3 is 0 Å². The fraction of sp³-hybridized carbons (Fsp3) is 0.300. The molecule has 1 rings (SSSR count). The molecule has 0 aliphatic carbocycles. The molecule has 0 unspecified atom stereocenters. The minimum Gasteiger partial charge on any atom is -0.367 e. The van der Waals surface area contributed by atoms with E-state index in [1.165, 1.54) is 12.1 Å². The van der Waals surface area contributed by atoms with Crippen LogP contribution in [0, 0.1) is 5.82 Å². The third-order valence-electron chi connectivity index (χ3n) is 1.64. The number of Topliss-reactive ketones (excluding diaryl/α,β-unsaturated/α-hetero) is 1. The van der Waals surface area contributed by atoms with E-state index >= 15 is 0 Å². The number of ketones is 1. The van der Waals surface area contributed by atoms with Crippen molar-refractivity contribution in [1.29, 1.82) is 0 Å². The summed E-state index contributed by atoms with van der Waals surface area (Å²) in [6, 6.07) is 4.81. The molecule has 1 aromatic rings. The SMILES string of the molecule is O=C(COCC(F)F)c1ccc(F)cc1. The Hall–Kier alpha value is -1.36. The van der Waals surface area contributed by atoms with Gasteiger partial charge in [-0.15, -0.1) is 0 Å². The molecule has 0 N–H and O–H groups in total. The Morgan fingerprint density at radius 1 is 1.27 bits per heavy atom. The third kappa shape index (κ3) is 4.12. The van der Waals surface area contributed by atoms with Crippen molar-refractivity contribution in [3.8, 4) is 0 Å². The van der Waals surface area contributed by atoms with E-state index in [1.807, 2.05) is 0 Å². The van der Waals surface area contributed by atoms with Crippen molar-refractivity contribution in [2.45, 2.75) is 6.43 Å². The van der Waals surface area contributed by atoms with E-state index < -0.39 is 31.2 Å². The molecule has 0 saturated carbocycles. The van der Waals surface area contributed by atoms with Gasteiger partial charge in [0.2, 0.25) is 0 Å². The van der Waals surface area contributed by atoms with Gasteiger partial charge in [-0.05, 0) is 24.3 Å². The topological polar surface area (TPSA) is 26.3 Å². The second-order valence-corrected chi connectivity index (χ2v) is 2.84. The molecule has 0 fully saturated rings. The average Bonchev–Trinajstić information content (AvgIpc) is 2.18. The summed E-state index contributed by atoms with van der Waals surface area (Å²) in [5, 5.41) is 0. The Labute approximate surface area is 84.7 Å². The summed E-state index contributed by atoms with van der Waals surface area (Å²) in [4.78, 5) is 11.2. The predicted molar refractivity (Wildman–Crippen MR) is 47.6 cm³/mol. The number of rotatable bonds is 5. The van der Waals surface area contributed by atoms with Gasteiger partial charge in [-0.25, -0.2) is 13.2 Å². The number of alkyl halides is 2. The van der Waals surface area contributed by atoms with E-state index in [2.05, 4.69) is 4.74 Å². The molecule has 0 radical (unpaired) electrons. The molecule has 0 aliphatic rings. The number of hydrogen-bond acceptors (Lipinski definition) is 2. The molecule has 82 valence electrons. The number of halogens is 3. The highest BCUT2D eigenvalue weighted by atomic mass is 19.3. The van der Waals surface area contributed by atoms with Crippen molar-refractivity contribution >= 4 is 5.78 Å². The van der Waals surface area contributed by atoms with Crippen LogP contribution >= 0.6 is 0 Å². The standard InChI is InChI=1S/C10H9F3O2/c11-8-3-1-7(2-4-8)9(14)5-15-6-10(12)13/h1-4,10H,5-6H2. The highest BCUT2D eigenvalue weighted by Gasteiger charge is 2.08. The van der Waals surface area contributed by atoms with Gasteiger partial charge in [0.05, 0.1) is 0 Å².